The van der Waals surface area contributed by atoms with Gasteiger partial charge in [0.1, 0.15) is 11.6 Å². The molecule has 3 nitrogen and oxygen atoms in total. The van der Waals surface area contributed by atoms with Crippen molar-refractivity contribution in [2.75, 3.05) is 5.32 Å². The van der Waals surface area contributed by atoms with Gasteiger partial charge in [-0.2, -0.15) is 0 Å². The molecule has 0 fully saturated rings. The highest BCUT2D eigenvalue weighted by atomic mass is 19.1. The topological polar surface area (TPSA) is 38.3 Å². The number of nitrogens with one attached hydrogen (secondary N) is 1. The molecule has 1 amide bonds. The van der Waals surface area contributed by atoms with Gasteiger partial charge in [-0.3, -0.25) is 4.79 Å². The minimum Gasteiger partial charge on any atom is -0.481 e. The largest absolute Gasteiger partial charge is 0.481 e. The van der Waals surface area contributed by atoms with Crippen molar-refractivity contribution in [2.45, 2.75) is 26.9 Å². The molecule has 2 aromatic rings. The average Bonchev–Trinajstić information content (AvgIpc) is 2.43. The fourth-order valence-electron chi connectivity index (χ4n) is 1.85. The molecule has 0 spiro atoms. The molecule has 2 rings (SSSR count). The first-order valence-corrected chi connectivity index (χ1v) is 6.76. The molecule has 2 aromatic carbocycles. The molecule has 1 unspecified atom stereocenters. The number of hydrogen-bond acceptors (Lipinski definition) is 2. The fraction of sp³-hybridized carbons (Fsp3) is 0.235. The lowest BCUT2D eigenvalue weighted by Crippen LogP contribution is -2.30. The van der Waals surface area contributed by atoms with Gasteiger partial charge in [0.25, 0.3) is 5.91 Å². The van der Waals surface area contributed by atoms with Gasteiger partial charge >= 0.3 is 0 Å². The van der Waals surface area contributed by atoms with E-state index in [4.69, 9.17) is 4.74 Å². The number of halogens is 1. The van der Waals surface area contributed by atoms with Crippen LogP contribution >= 0.6 is 0 Å². The van der Waals surface area contributed by atoms with Gasteiger partial charge in [0, 0.05) is 5.69 Å². The van der Waals surface area contributed by atoms with Crippen molar-refractivity contribution in [3.05, 3.63) is 59.4 Å². The fourth-order valence-corrected chi connectivity index (χ4v) is 1.85. The standard InChI is InChI=1S/C17H18FNO2/c1-11-7-8-16(9-12(11)2)21-13(3)17(20)19-15-6-4-5-14(18)10-15/h4-10,13H,1-3H3,(H,19,20). The maximum Gasteiger partial charge on any atom is 0.265 e. The van der Waals surface area contributed by atoms with Crippen molar-refractivity contribution in [3.8, 4) is 5.75 Å². The summed E-state index contributed by atoms with van der Waals surface area (Å²) in [6.45, 7) is 5.66. The summed E-state index contributed by atoms with van der Waals surface area (Å²) in [6, 6.07) is 11.4. The van der Waals surface area contributed by atoms with Crippen LogP contribution in [0.1, 0.15) is 18.1 Å². The monoisotopic (exact) mass is 287 g/mol. The molecule has 1 atom stereocenters. The Balaban J connectivity index is 2.00. The van der Waals surface area contributed by atoms with Crippen molar-refractivity contribution in [1.82, 2.24) is 0 Å². The van der Waals surface area contributed by atoms with E-state index in [1.54, 1.807) is 19.1 Å². The first kappa shape index (κ1) is 15.0. The van der Waals surface area contributed by atoms with E-state index in [0.717, 1.165) is 5.56 Å². The van der Waals surface area contributed by atoms with Crippen LogP contribution in [0.15, 0.2) is 42.5 Å². The SMILES string of the molecule is Cc1ccc(OC(C)C(=O)Nc2cccc(F)c2)cc1C. The Morgan fingerprint density at radius 2 is 1.90 bits per heavy atom. The zero-order valence-electron chi connectivity index (χ0n) is 12.3. The quantitative estimate of drug-likeness (QED) is 0.927. The number of amides is 1. The van der Waals surface area contributed by atoms with Gasteiger partial charge in [0.15, 0.2) is 6.10 Å². The molecule has 0 aromatic heterocycles. The van der Waals surface area contributed by atoms with Crippen LogP contribution in [0.5, 0.6) is 5.75 Å². The van der Waals surface area contributed by atoms with E-state index in [0.29, 0.717) is 11.4 Å². The molecule has 0 aliphatic rings. The van der Waals surface area contributed by atoms with Crippen LogP contribution in [0.2, 0.25) is 0 Å². The lowest BCUT2D eigenvalue weighted by Gasteiger charge is -2.15. The first-order valence-electron chi connectivity index (χ1n) is 6.76. The minimum atomic E-state index is -0.671. The van der Waals surface area contributed by atoms with Gasteiger partial charge in [-0.25, -0.2) is 4.39 Å². The second kappa shape index (κ2) is 6.39. The third-order valence-electron chi connectivity index (χ3n) is 3.25. The van der Waals surface area contributed by atoms with Crippen molar-refractivity contribution < 1.29 is 13.9 Å². The summed E-state index contributed by atoms with van der Waals surface area (Å²) in [5.74, 6) is -0.0747. The molecule has 0 aliphatic carbocycles. The van der Waals surface area contributed by atoms with Crippen LogP contribution in [0.4, 0.5) is 10.1 Å². The molecule has 0 aliphatic heterocycles. The Morgan fingerprint density at radius 1 is 1.14 bits per heavy atom. The van der Waals surface area contributed by atoms with E-state index >= 15 is 0 Å². The van der Waals surface area contributed by atoms with Crippen LogP contribution in [0.3, 0.4) is 0 Å². The highest BCUT2D eigenvalue weighted by Crippen LogP contribution is 2.18. The first-order chi connectivity index (χ1) is 9.95. The molecular weight excluding hydrogens is 269 g/mol. The normalized spacial score (nSPS) is 11.8. The summed E-state index contributed by atoms with van der Waals surface area (Å²) in [6.07, 6.45) is -0.671. The predicted octanol–water partition coefficient (Wildman–Crippen LogP) is 3.85. The highest BCUT2D eigenvalue weighted by Gasteiger charge is 2.15. The molecule has 1 N–H and O–H groups in total. The lowest BCUT2D eigenvalue weighted by atomic mass is 10.1. The number of benzene rings is 2. The summed E-state index contributed by atoms with van der Waals surface area (Å²) in [5.41, 5.74) is 2.68. The molecule has 0 bridgehead atoms. The number of aryl methyl sites for hydroxylation is 2. The number of carbonyl (C=O) groups excluding carboxylic acids is 1. The summed E-state index contributed by atoms with van der Waals surface area (Å²) < 4.78 is 18.7. The number of hydrogen-bond donors (Lipinski definition) is 1. The average molecular weight is 287 g/mol. The summed E-state index contributed by atoms with van der Waals surface area (Å²) in [4.78, 5) is 12.0. The van der Waals surface area contributed by atoms with E-state index in [1.807, 2.05) is 32.0 Å². The third kappa shape index (κ3) is 4.05. The number of anilines is 1. The maximum absolute atomic E-state index is 13.1. The van der Waals surface area contributed by atoms with Crippen molar-refractivity contribution >= 4 is 11.6 Å². The highest BCUT2D eigenvalue weighted by molar-refractivity contribution is 5.94. The summed E-state index contributed by atoms with van der Waals surface area (Å²) in [5, 5.41) is 2.62. The van der Waals surface area contributed by atoms with Crippen LogP contribution < -0.4 is 10.1 Å². The van der Waals surface area contributed by atoms with Gasteiger partial charge in [-0.15, -0.1) is 0 Å². The second-order valence-corrected chi connectivity index (χ2v) is 5.01. The maximum atomic E-state index is 13.1. The Morgan fingerprint density at radius 3 is 2.57 bits per heavy atom. The van der Waals surface area contributed by atoms with Gasteiger partial charge in [0.05, 0.1) is 0 Å². The Kier molecular flexibility index (Phi) is 4.58. The van der Waals surface area contributed by atoms with Gasteiger partial charge in [-0.05, 0) is 62.2 Å². The molecule has 0 saturated carbocycles. The zero-order valence-corrected chi connectivity index (χ0v) is 12.3. The van der Waals surface area contributed by atoms with E-state index in [-0.39, 0.29) is 5.91 Å². The number of carbonyl (C=O) groups is 1. The van der Waals surface area contributed by atoms with Crippen LogP contribution in [-0.4, -0.2) is 12.0 Å². The van der Waals surface area contributed by atoms with Crippen LogP contribution in [0, 0.1) is 19.7 Å². The van der Waals surface area contributed by atoms with Gasteiger partial charge < -0.3 is 10.1 Å². The van der Waals surface area contributed by atoms with Crippen molar-refractivity contribution in [1.29, 1.82) is 0 Å². The lowest BCUT2D eigenvalue weighted by molar-refractivity contribution is -0.122. The molecule has 0 heterocycles. The van der Waals surface area contributed by atoms with E-state index in [9.17, 15) is 9.18 Å². The molecule has 0 saturated heterocycles. The van der Waals surface area contributed by atoms with Crippen LogP contribution in [0.25, 0.3) is 0 Å². The Bertz CT molecular complexity index is 655. The Hall–Kier alpha value is -2.36. The third-order valence-corrected chi connectivity index (χ3v) is 3.25. The Labute approximate surface area is 123 Å². The van der Waals surface area contributed by atoms with E-state index in [2.05, 4.69) is 5.32 Å². The molecule has 21 heavy (non-hydrogen) atoms. The minimum absolute atomic E-state index is 0.321. The van der Waals surface area contributed by atoms with Crippen molar-refractivity contribution in [2.24, 2.45) is 0 Å². The van der Waals surface area contributed by atoms with Gasteiger partial charge in [0.2, 0.25) is 0 Å². The van der Waals surface area contributed by atoms with Crippen LogP contribution in [-0.2, 0) is 4.79 Å². The van der Waals surface area contributed by atoms with Crippen molar-refractivity contribution in [3.63, 3.8) is 0 Å². The molecule has 0 radical (unpaired) electrons. The zero-order chi connectivity index (χ0) is 15.4. The summed E-state index contributed by atoms with van der Waals surface area (Å²) >= 11 is 0. The molecule has 4 heteroatoms. The predicted molar refractivity (Wildman–Crippen MR) is 81.0 cm³/mol. The number of rotatable bonds is 4. The summed E-state index contributed by atoms with van der Waals surface area (Å²) in [7, 11) is 0. The molecular formula is C17H18FNO2. The van der Waals surface area contributed by atoms with E-state index < -0.39 is 11.9 Å². The smallest absolute Gasteiger partial charge is 0.265 e. The van der Waals surface area contributed by atoms with Gasteiger partial charge in [-0.1, -0.05) is 12.1 Å². The number of ether oxygens (including phenoxy) is 1. The van der Waals surface area contributed by atoms with E-state index in [1.165, 1.54) is 17.7 Å². The molecule has 110 valence electrons. The second-order valence-electron chi connectivity index (χ2n) is 5.01.